The molecule has 31 heavy (non-hydrogen) atoms. The molecule has 10 heteroatoms. The lowest BCUT2D eigenvalue weighted by Crippen LogP contribution is -2.28. The fourth-order valence-electron chi connectivity index (χ4n) is 3.54. The van der Waals surface area contributed by atoms with E-state index in [-0.39, 0.29) is 16.5 Å². The molecule has 162 valence electrons. The summed E-state index contributed by atoms with van der Waals surface area (Å²) in [7, 11) is 3.05. The van der Waals surface area contributed by atoms with Crippen molar-refractivity contribution in [2.24, 2.45) is 0 Å². The average molecular weight is 452 g/mol. The summed E-state index contributed by atoms with van der Waals surface area (Å²) < 4.78 is 51.4. The third-order valence-electron chi connectivity index (χ3n) is 5.06. The first-order chi connectivity index (χ1) is 14.7. The number of methoxy groups -OCH3 is 2. The maximum atomic E-state index is 13.1. The molecule has 1 aromatic heterocycles. The van der Waals surface area contributed by atoms with Gasteiger partial charge in [-0.25, -0.2) is 4.79 Å². The van der Waals surface area contributed by atoms with Crippen LogP contribution in [0.4, 0.5) is 24.7 Å². The van der Waals surface area contributed by atoms with Gasteiger partial charge in [0.25, 0.3) is 0 Å². The number of alkyl halides is 3. The van der Waals surface area contributed by atoms with Crippen molar-refractivity contribution >= 4 is 23.1 Å². The second kappa shape index (κ2) is 7.81. The molecular weight excluding hydrogens is 435 g/mol. The van der Waals surface area contributed by atoms with E-state index < -0.39 is 17.4 Å². The van der Waals surface area contributed by atoms with Gasteiger partial charge in [0.2, 0.25) is 0 Å². The zero-order valence-corrected chi connectivity index (χ0v) is 17.3. The second-order valence-corrected chi connectivity index (χ2v) is 7.30. The Hall–Kier alpha value is -3.20. The van der Waals surface area contributed by atoms with Crippen molar-refractivity contribution in [2.45, 2.75) is 19.1 Å². The molecule has 0 saturated carbocycles. The van der Waals surface area contributed by atoms with E-state index >= 15 is 0 Å². The standard InChI is InChI=1S/C21H17ClF3N3O3/c1-30-17-7-11-5-6-28-16(13(11)9-18(17)31-2)10-19(27-20(28)29)26-15-8-12(21(23,24)25)3-4-14(15)22/h3-4,7-10H,5-6H2,1-2H3,(H,26,27,29). The first kappa shape index (κ1) is 21.0. The quantitative estimate of drug-likeness (QED) is 0.611. The maximum absolute atomic E-state index is 13.1. The number of fused-ring (bicyclic) bond motifs is 3. The molecule has 0 spiro atoms. The van der Waals surface area contributed by atoms with Crippen molar-refractivity contribution in [1.29, 1.82) is 0 Å². The third kappa shape index (κ3) is 3.93. The van der Waals surface area contributed by atoms with Gasteiger partial charge in [-0.2, -0.15) is 18.2 Å². The van der Waals surface area contributed by atoms with E-state index in [9.17, 15) is 18.0 Å². The molecule has 1 N–H and O–H groups in total. The molecule has 0 atom stereocenters. The van der Waals surface area contributed by atoms with E-state index in [4.69, 9.17) is 21.1 Å². The molecule has 4 rings (SSSR count). The van der Waals surface area contributed by atoms with Gasteiger partial charge < -0.3 is 14.8 Å². The minimum atomic E-state index is -4.53. The van der Waals surface area contributed by atoms with Gasteiger partial charge in [0.15, 0.2) is 11.5 Å². The normalized spacial score (nSPS) is 12.7. The third-order valence-corrected chi connectivity index (χ3v) is 5.39. The highest BCUT2D eigenvalue weighted by Crippen LogP contribution is 2.39. The van der Waals surface area contributed by atoms with E-state index in [0.717, 1.165) is 29.3 Å². The molecular formula is C21H17ClF3N3O3. The Balaban J connectivity index is 1.80. The molecule has 0 fully saturated rings. The smallest absolute Gasteiger partial charge is 0.416 e. The Morgan fingerprint density at radius 3 is 2.48 bits per heavy atom. The van der Waals surface area contributed by atoms with Crippen LogP contribution in [0.25, 0.3) is 11.3 Å². The zero-order chi connectivity index (χ0) is 22.3. The fraction of sp³-hybridized carbons (Fsp3) is 0.238. The second-order valence-electron chi connectivity index (χ2n) is 6.89. The Kier molecular flexibility index (Phi) is 5.30. The van der Waals surface area contributed by atoms with Gasteiger partial charge in [-0.1, -0.05) is 11.6 Å². The van der Waals surface area contributed by atoms with Crippen molar-refractivity contribution in [1.82, 2.24) is 9.55 Å². The number of anilines is 2. The number of nitrogens with zero attached hydrogens (tertiary/aromatic N) is 2. The molecule has 6 nitrogen and oxygen atoms in total. The lowest BCUT2D eigenvalue weighted by Gasteiger charge is -2.23. The number of aromatic nitrogens is 2. The number of hydrogen-bond acceptors (Lipinski definition) is 5. The van der Waals surface area contributed by atoms with Crippen LogP contribution in [0.3, 0.4) is 0 Å². The van der Waals surface area contributed by atoms with Crippen molar-refractivity contribution in [3.05, 3.63) is 63.0 Å². The van der Waals surface area contributed by atoms with E-state index in [1.54, 1.807) is 12.1 Å². The van der Waals surface area contributed by atoms with Crippen molar-refractivity contribution in [3.8, 4) is 22.8 Å². The molecule has 0 unspecified atom stereocenters. The molecule has 1 aliphatic heterocycles. The largest absolute Gasteiger partial charge is 0.493 e. The number of rotatable bonds is 4. The van der Waals surface area contributed by atoms with Gasteiger partial charge >= 0.3 is 11.9 Å². The lowest BCUT2D eigenvalue weighted by molar-refractivity contribution is -0.137. The summed E-state index contributed by atoms with van der Waals surface area (Å²) >= 11 is 6.06. The van der Waals surface area contributed by atoms with Crippen LogP contribution in [0.5, 0.6) is 11.5 Å². The zero-order valence-electron chi connectivity index (χ0n) is 16.5. The van der Waals surface area contributed by atoms with E-state index in [2.05, 4.69) is 10.3 Å². The highest BCUT2D eigenvalue weighted by molar-refractivity contribution is 6.33. The molecule has 0 amide bonds. The number of benzene rings is 2. The van der Waals surface area contributed by atoms with Crippen molar-refractivity contribution in [3.63, 3.8) is 0 Å². The van der Waals surface area contributed by atoms with Crippen LogP contribution in [0.15, 0.2) is 41.2 Å². The van der Waals surface area contributed by atoms with Gasteiger partial charge in [0.05, 0.1) is 36.2 Å². The van der Waals surface area contributed by atoms with Crippen LogP contribution < -0.4 is 20.5 Å². The van der Waals surface area contributed by atoms with Gasteiger partial charge in [0, 0.05) is 18.2 Å². The molecule has 0 saturated heterocycles. The van der Waals surface area contributed by atoms with Crippen molar-refractivity contribution < 1.29 is 22.6 Å². The van der Waals surface area contributed by atoms with E-state index in [1.807, 2.05) is 6.07 Å². The average Bonchev–Trinajstić information content (AvgIpc) is 2.73. The molecule has 0 bridgehead atoms. The first-order valence-electron chi connectivity index (χ1n) is 9.22. The highest BCUT2D eigenvalue weighted by atomic mass is 35.5. The lowest BCUT2D eigenvalue weighted by atomic mass is 9.97. The molecule has 2 heterocycles. The Labute approximate surface area is 180 Å². The summed E-state index contributed by atoms with van der Waals surface area (Å²) in [4.78, 5) is 16.6. The molecule has 0 radical (unpaired) electrons. The van der Waals surface area contributed by atoms with Crippen LogP contribution in [0.2, 0.25) is 5.02 Å². The molecule has 3 aromatic rings. The van der Waals surface area contributed by atoms with Crippen LogP contribution in [-0.4, -0.2) is 23.8 Å². The summed E-state index contributed by atoms with van der Waals surface area (Å²) in [5, 5.41) is 2.81. The van der Waals surface area contributed by atoms with Crippen LogP contribution in [0, 0.1) is 0 Å². The van der Waals surface area contributed by atoms with E-state index in [0.29, 0.717) is 30.2 Å². The molecule has 2 aromatic carbocycles. The van der Waals surface area contributed by atoms with Gasteiger partial charge in [-0.15, -0.1) is 0 Å². The Morgan fingerprint density at radius 1 is 1.10 bits per heavy atom. The van der Waals surface area contributed by atoms with Crippen LogP contribution in [-0.2, 0) is 19.1 Å². The fourth-order valence-corrected chi connectivity index (χ4v) is 3.71. The van der Waals surface area contributed by atoms with Gasteiger partial charge in [-0.3, -0.25) is 4.57 Å². The van der Waals surface area contributed by atoms with Crippen molar-refractivity contribution in [2.75, 3.05) is 19.5 Å². The summed E-state index contributed by atoms with van der Waals surface area (Å²) in [6.07, 6.45) is -3.94. The summed E-state index contributed by atoms with van der Waals surface area (Å²) in [5.74, 6) is 1.15. The predicted molar refractivity (Wildman–Crippen MR) is 110 cm³/mol. The van der Waals surface area contributed by atoms with Crippen LogP contribution in [0.1, 0.15) is 11.1 Å². The minimum Gasteiger partial charge on any atom is -0.493 e. The molecule has 1 aliphatic rings. The SMILES string of the molecule is COc1cc2c(cc1OC)-c1cc(Nc3cc(C(F)(F)F)ccc3Cl)nc(=O)n1CC2. The predicted octanol–water partition coefficient (Wildman–Crippen LogP) is 4.90. The summed E-state index contributed by atoms with van der Waals surface area (Å²) in [6.45, 7) is 0.411. The Morgan fingerprint density at radius 2 is 1.81 bits per heavy atom. The molecule has 0 aliphatic carbocycles. The van der Waals surface area contributed by atoms with Gasteiger partial charge in [0.1, 0.15) is 5.82 Å². The Bertz CT molecular complexity index is 1220. The number of hydrogen-bond donors (Lipinski definition) is 1. The van der Waals surface area contributed by atoms with Crippen LogP contribution >= 0.6 is 11.6 Å². The van der Waals surface area contributed by atoms with Gasteiger partial charge in [-0.05, 0) is 42.3 Å². The minimum absolute atomic E-state index is 0.00307. The van der Waals surface area contributed by atoms with E-state index in [1.165, 1.54) is 18.8 Å². The summed E-state index contributed by atoms with van der Waals surface area (Å²) in [6, 6.07) is 8.12. The number of halogens is 4. The number of ether oxygens (including phenoxy) is 2. The highest BCUT2D eigenvalue weighted by Gasteiger charge is 2.31. The monoisotopic (exact) mass is 451 g/mol. The first-order valence-corrected chi connectivity index (χ1v) is 9.60. The number of nitrogens with one attached hydrogen (secondary N) is 1. The number of aryl methyl sites for hydroxylation is 1. The topological polar surface area (TPSA) is 65.4 Å². The maximum Gasteiger partial charge on any atom is 0.416 e. The summed E-state index contributed by atoms with van der Waals surface area (Å²) in [5.41, 5.74) is 0.872.